The number of para-hydroxylation sites is 1. The summed E-state index contributed by atoms with van der Waals surface area (Å²) in [5.74, 6) is 0.758. The Morgan fingerprint density at radius 2 is 2.17 bits per heavy atom. The predicted molar refractivity (Wildman–Crippen MR) is 70.3 cm³/mol. The van der Waals surface area contributed by atoms with E-state index in [4.69, 9.17) is 0 Å². The second-order valence-electron chi connectivity index (χ2n) is 3.83. The number of sulfonamides is 1. The number of thioether (sulfide) groups is 1. The number of benzene rings is 1. The molecule has 94 valence electrons. The average Bonchev–Trinajstić information content (AvgIpc) is 2.92. The average molecular weight is 281 g/mol. The number of aromatic nitrogens is 2. The number of rotatable bonds is 2. The minimum absolute atomic E-state index is 0.198. The molecule has 18 heavy (non-hydrogen) atoms. The maximum atomic E-state index is 12.5. The highest BCUT2D eigenvalue weighted by atomic mass is 32.2. The summed E-state index contributed by atoms with van der Waals surface area (Å²) in [7, 11) is -3.51. The van der Waals surface area contributed by atoms with E-state index >= 15 is 0 Å². The van der Waals surface area contributed by atoms with Crippen molar-refractivity contribution >= 4 is 27.5 Å². The lowest BCUT2D eigenvalue weighted by Crippen LogP contribution is -2.35. The van der Waals surface area contributed by atoms with Gasteiger partial charge >= 0.3 is 0 Å². The summed E-state index contributed by atoms with van der Waals surface area (Å²) in [5, 5.41) is 6.24. The smallest absolute Gasteiger partial charge is 0.267 e. The molecule has 0 saturated carbocycles. The van der Waals surface area contributed by atoms with E-state index in [0.717, 1.165) is 16.3 Å². The first-order valence-electron chi connectivity index (χ1n) is 5.43. The van der Waals surface area contributed by atoms with Crippen molar-refractivity contribution in [2.75, 3.05) is 16.6 Å². The molecule has 0 fully saturated rings. The van der Waals surface area contributed by atoms with Crippen LogP contribution in [0.5, 0.6) is 0 Å². The van der Waals surface area contributed by atoms with Crippen LogP contribution in [0.2, 0.25) is 0 Å². The normalized spacial score (nSPS) is 15.4. The maximum Gasteiger partial charge on any atom is 0.267 e. The molecule has 1 N–H and O–H groups in total. The molecule has 1 aromatic heterocycles. The third kappa shape index (κ3) is 1.79. The summed E-state index contributed by atoms with van der Waals surface area (Å²) in [6.07, 6.45) is 2.74. The van der Waals surface area contributed by atoms with E-state index in [-0.39, 0.29) is 4.90 Å². The molecule has 0 bridgehead atoms. The quantitative estimate of drug-likeness (QED) is 0.910. The van der Waals surface area contributed by atoms with Crippen LogP contribution < -0.4 is 4.31 Å². The first-order chi connectivity index (χ1) is 8.69. The van der Waals surface area contributed by atoms with Crippen molar-refractivity contribution < 1.29 is 8.42 Å². The number of anilines is 1. The molecule has 0 saturated heterocycles. The number of nitrogens with one attached hydrogen (secondary N) is 1. The Morgan fingerprint density at radius 3 is 2.94 bits per heavy atom. The van der Waals surface area contributed by atoms with Crippen molar-refractivity contribution in [2.45, 2.75) is 9.79 Å². The number of nitrogens with zero attached hydrogens (tertiary/aromatic N) is 2. The molecule has 0 amide bonds. The van der Waals surface area contributed by atoms with Gasteiger partial charge in [0.25, 0.3) is 10.0 Å². The molecule has 5 nitrogen and oxygen atoms in total. The molecule has 0 atom stereocenters. The first kappa shape index (κ1) is 11.6. The van der Waals surface area contributed by atoms with Crippen molar-refractivity contribution in [3.8, 4) is 0 Å². The van der Waals surface area contributed by atoms with Crippen molar-refractivity contribution in [2.24, 2.45) is 0 Å². The van der Waals surface area contributed by atoms with Gasteiger partial charge in [-0.1, -0.05) is 12.1 Å². The van der Waals surface area contributed by atoms with Crippen LogP contribution in [-0.4, -0.2) is 30.9 Å². The summed E-state index contributed by atoms with van der Waals surface area (Å²) in [5.41, 5.74) is 0.745. The van der Waals surface area contributed by atoms with Gasteiger partial charge in [0.05, 0.1) is 11.9 Å². The lowest BCUT2D eigenvalue weighted by Gasteiger charge is -2.29. The van der Waals surface area contributed by atoms with E-state index in [1.807, 2.05) is 24.3 Å². The van der Waals surface area contributed by atoms with Gasteiger partial charge in [-0.05, 0) is 12.1 Å². The predicted octanol–water partition coefficient (Wildman–Crippen LogP) is 1.71. The van der Waals surface area contributed by atoms with Crippen LogP contribution in [0.15, 0.2) is 46.5 Å². The van der Waals surface area contributed by atoms with E-state index in [1.165, 1.54) is 16.7 Å². The van der Waals surface area contributed by atoms with Gasteiger partial charge in [0.2, 0.25) is 0 Å². The van der Waals surface area contributed by atoms with E-state index in [9.17, 15) is 8.42 Å². The molecule has 1 aliphatic rings. The highest BCUT2D eigenvalue weighted by Gasteiger charge is 2.29. The minimum atomic E-state index is -3.51. The van der Waals surface area contributed by atoms with Gasteiger partial charge < -0.3 is 0 Å². The molecule has 3 rings (SSSR count). The molecule has 7 heteroatoms. The second kappa shape index (κ2) is 4.33. The third-order valence-electron chi connectivity index (χ3n) is 2.75. The minimum Gasteiger partial charge on any atom is -0.284 e. The summed E-state index contributed by atoms with van der Waals surface area (Å²) in [6.45, 7) is 0.481. The van der Waals surface area contributed by atoms with Crippen molar-refractivity contribution in [3.05, 3.63) is 36.7 Å². The standard InChI is InChI=1S/C11H11N3O2S2/c15-18(16,9-7-12-13-8-9)14-5-6-17-11-4-2-1-3-10(11)14/h1-4,7-8H,5-6H2,(H,12,13). The van der Waals surface area contributed by atoms with Crippen molar-refractivity contribution in [3.63, 3.8) is 0 Å². The van der Waals surface area contributed by atoms with Gasteiger partial charge in [0, 0.05) is 23.4 Å². The number of hydrogen-bond donors (Lipinski definition) is 1. The molecule has 2 heterocycles. The molecule has 0 unspecified atom stereocenters. The molecule has 1 aromatic carbocycles. The zero-order valence-electron chi connectivity index (χ0n) is 9.41. The van der Waals surface area contributed by atoms with E-state index < -0.39 is 10.0 Å². The Kier molecular flexibility index (Phi) is 2.79. The fourth-order valence-corrected chi connectivity index (χ4v) is 4.46. The van der Waals surface area contributed by atoms with Gasteiger partial charge in [0.1, 0.15) is 4.90 Å². The number of hydrogen-bond acceptors (Lipinski definition) is 4. The van der Waals surface area contributed by atoms with Crippen LogP contribution in [-0.2, 0) is 10.0 Å². The number of aromatic amines is 1. The summed E-state index contributed by atoms with van der Waals surface area (Å²) in [4.78, 5) is 1.19. The zero-order valence-corrected chi connectivity index (χ0v) is 11.0. The van der Waals surface area contributed by atoms with E-state index in [0.29, 0.717) is 6.54 Å². The topological polar surface area (TPSA) is 66.1 Å². The van der Waals surface area contributed by atoms with Crippen LogP contribution in [0, 0.1) is 0 Å². The molecule has 0 spiro atoms. The van der Waals surface area contributed by atoms with Crippen LogP contribution in [0.3, 0.4) is 0 Å². The van der Waals surface area contributed by atoms with Crippen LogP contribution >= 0.6 is 11.8 Å². The van der Waals surface area contributed by atoms with E-state index in [2.05, 4.69) is 10.2 Å². The highest BCUT2D eigenvalue weighted by molar-refractivity contribution is 8.00. The van der Waals surface area contributed by atoms with Gasteiger partial charge in [-0.15, -0.1) is 11.8 Å². The van der Waals surface area contributed by atoms with Gasteiger partial charge in [0.15, 0.2) is 0 Å². The second-order valence-corrected chi connectivity index (χ2v) is 6.83. The first-order valence-corrected chi connectivity index (χ1v) is 7.85. The number of fused-ring (bicyclic) bond motifs is 1. The highest BCUT2D eigenvalue weighted by Crippen LogP contribution is 2.37. The Balaban J connectivity index is 2.10. The Bertz CT molecular complexity index is 653. The molecule has 0 aliphatic carbocycles. The summed E-state index contributed by atoms with van der Waals surface area (Å²) in [6, 6.07) is 7.54. The summed E-state index contributed by atoms with van der Waals surface area (Å²) < 4.78 is 26.4. The lowest BCUT2D eigenvalue weighted by atomic mass is 10.3. The Morgan fingerprint density at radius 1 is 1.33 bits per heavy atom. The monoisotopic (exact) mass is 281 g/mol. The fourth-order valence-electron chi connectivity index (χ4n) is 1.90. The third-order valence-corrected chi connectivity index (χ3v) is 5.57. The lowest BCUT2D eigenvalue weighted by molar-refractivity contribution is 0.591. The van der Waals surface area contributed by atoms with Crippen molar-refractivity contribution in [1.29, 1.82) is 0 Å². The Hall–Kier alpha value is -1.47. The fraction of sp³-hybridized carbons (Fsp3) is 0.182. The van der Waals surface area contributed by atoms with E-state index in [1.54, 1.807) is 11.8 Å². The van der Waals surface area contributed by atoms with Crippen LogP contribution in [0.25, 0.3) is 0 Å². The largest absolute Gasteiger partial charge is 0.284 e. The molecular weight excluding hydrogens is 270 g/mol. The molecular formula is C11H11N3O2S2. The van der Waals surface area contributed by atoms with Gasteiger partial charge in [-0.3, -0.25) is 9.40 Å². The van der Waals surface area contributed by atoms with Crippen LogP contribution in [0.1, 0.15) is 0 Å². The molecule has 0 radical (unpaired) electrons. The van der Waals surface area contributed by atoms with Gasteiger partial charge in [-0.2, -0.15) is 5.10 Å². The van der Waals surface area contributed by atoms with Crippen molar-refractivity contribution in [1.82, 2.24) is 10.2 Å². The zero-order chi connectivity index (χ0) is 12.6. The molecule has 2 aromatic rings. The SMILES string of the molecule is O=S(=O)(c1cn[nH]c1)N1CCSc2ccccc21. The number of H-pyrrole nitrogens is 1. The molecule has 1 aliphatic heterocycles. The van der Waals surface area contributed by atoms with Gasteiger partial charge in [-0.25, -0.2) is 8.42 Å². The van der Waals surface area contributed by atoms with Crippen LogP contribution in [0.4, 0.5) is 5.69 Å². The maximum absolute atomic E-state index is 12.5. The summed E-state index contributed by atoms with van der Waals surface area (Å²) >= 11 is 1.68. The Labute approximate surface area is 109 Å².